The number of likely N-dealkylation sites (tertiary alicyclic amines) is 2. The molecule has 3 aromatic carbocycles. The topological polar surface area (TPSA) is 35.6 Å². The zero-order valence-electron chi connectivity index (χ0n) is 21.3. The van der Waals surface area contributed by atoms with Crippen molar-refractivity contribution in [2.24, 2.45) is 5.92 Å². The van der Waals surface area contributed by atoms with Crippen molar-refractivity contribution in [1.82, 2.24) is 9.80 Å². The number of piperidine rings is 2. The molecule has 2 fully saturated rings. The van der Waals surface area contributed by atoms with E-state index in [1.54, 1.807) is 0 Å². The van der Waals surface area contributed by atoms with Gasteiger partial charge < -0.3 is 15.1 Å². The van der Waals surface area contributed by atoms with Gasteiger partial charge in [0.05, 0.1) is 0 Å². The molecule has 2 saturated heterocycles. The molecule has 4 nitrogen and oxygen atoms in total. The predicted molar refractivity (Wildman–Crippen MR) is 148 cm³/mol. The maximum absolute atomic E-state index is 13.1. The Hall–Kier alpha value is -3.11. The summed E-state index contributed by atoms with van der Waals surface area (Å²) in [5.41, 5.74) is 5.06. The van der Waals surface area contributed by atoms with E-state index in [9.17, 15) is 4.79 Å². The lowest BCUT2D eigenvalue weighted by molar-refractivity contribution is 0.186. The number of rotatable bonds is 7. The van der Waals surface area contributed by atoms with Crippen LogP contribution in [0.4, 0.5) is 10.5 Å². The van der Waals surface area contributed by atoms with Crippen molar-refractivity contribution in [2.75, 3.05) is 38.0 Å². The van der Waals surface area contributed by atoms with E-state index in [4.69, 9.17) is 0 Å². The Morgan fingerprint density at radius 3 is 2.11 bits per heavy atom. The number of hydrogen-bond donors (Lipinski definition) is 1. The van der Waals surface area contributed by atoms with Crippen molar-refractivity contribution in [3.05, 3.63) is 102 Å². The molecule has 0 spiro atoms. The molecular weight excluding hydrogens is 442 g/mol. The van der Waals surface area contributed by atoms with Gasteiger partial charge in [-0.15, -0.1) is 0 Å². The highest BCUT2D eigenvalue weighted by atomic mass is 16.2. The Labute approximate surface area is 216 Å². The molecule has 0 radical (unpaired) electrons. The van der Waals surface area contributed by atoms with Crippen LogP contribution in [0.5, 0.6) is 0 Å². The van der Waals surface area contributed by atoms with Crippen molar-refractivity contribution in [3.63, 3.8) is 0 Å². The summed E-state index contributed by atoms with van der Waals surface area (Å²) in [6.45, 7) is 5.01. The van der Waals surface area contributed by atoms with Gasteiger partial charge in [0.25, 0.3) is 0 Å². The van der Waals surface area contributed by atoms with Crippen molar-refractivity contribution >= 4 is 11.7 Å². The largest absolute Gasteiger partial charge is 0.324 e. The van der Waals surface area contributed by atoms with E-state index in [0.29, 0.717) is 5.92 Å². The van der Waals surface area contributed by atoms with Gasteiger partial charge >= 0.3 is 6.03 Å². The minimum Gasteiger partial charge on any atom is -0.324 e. The summed E-state index contributed by atoms with van der Waals surface area (Å²) in [6, 6.07) is 30.0. The molecule has 1 N–H and O–H groups in total. The van der Waals surface area contributed by atoms with Gasteiger partial charge in [0.15, 0.2) is 0 Å². The van der Waals surface area contributed by atoms with Crippen molar-refractivity contribution in [3.8, 4) is 0 Å². The Morgan fingerprint density at radius 1 is 0.750 bits per heavy atom. The van der Waals surface area contributed by atoms with Crippen LogP contribution in [0.15, 0.2) is 84.9 Å². The van der Waals surface area contributed by atoms with Crippen molar-refractivity contribution < 1.29 is 4.79 Å². The average molecular weight is 482 g/mol. The number of nitrogens with one attached hydrogen (secondary N) is 1. The molecular formula is C32H39N3O. The molecule has 0 aromatic heterocycles. The second kappa shape index (κ2) is 12.2. The molecule has 0 bridgehead atoms. The second-order valence-corrected chi connectivity index (χ2v) is 10.5. The first-order chi connectivity index (χ1) is 17.7. The summed E-state index contributed by atoms with van der Waals surface area (Å²) in [4.78, 5) is 17.6. The van der Waals surface area contributed by atoms with Gasteiger partial charge in [-0.2, -0.15) is 0 Å². The van der Waals surface area contributed by atoms with E-state index in [1.807, 2.05) is 11.0 Å². The SMILES string of the molecule is O=C(Nc1ccccc1CCN1CCC(Cc2ccccc2)CC1)N1CCC(c2ccccc2)CC1. The van der Waals surface area contributed by atoms with Gasteiger partial charge in [-0.1, -0.05) is 78.9 Å². The van der Waals surface area contributed by atoms with Crippen LogP contribution in [-0.4, -0.2) is 48.6 Å². The second-order valence-electron chi connectivity index (χ2n) is 10.5. The molecule has 188 valence electrons. The van der Waals surface area contributed by atoms with E-state index in [2.05, 4.69) is 89.1 Å². The molecule has 0 aliphatic carbocycles. The zero-order chi connectivity index (χ0) is 24.6. The van der Waals surface area contributed by atoms with Crippen LogP contribution in [0.2, 0.25) is 0 Å². The molecule has 2 aliphatic rings. The van der Waals surface area contributed by atoms with Crippen molar-refractivity contribution in [2.45, 2.75) is 44.4 Å². The molecule has 0 atom stereocenters. The fourth-order valence-electron chi connectivity index (χ4n) is 5.84. The van der Waals surface area contributed by atoms with E-state index >= 15 is 0 Å². The first-order valence-electron chi connectivity index (χ1n) is 13.7. The number of hydrogen-bond acceptors (Lipinski definition) is 2. The molecule has 0 saturated carbocycles. The number of nitrogens with zero attached hydrogens (tertiary/aromatic N) is 2. The Bertz CT molecular complexity index is 1080. The third kappa shape index (κ3) is 6.55. The Balaban J connectivity index is 1.08. The average Bonchev–Trinajstić information content (AvgIpc) is 2.94. The molecule has 2 heterocycles. The molecule has 36 heavy (non-hydrogen) atoms. The predicted octanol–water partition coefficient (Wildman–Crippen LogP) is 6.60. The number of urea groups is 1. The van der Waals surface area contributed by atoms with Gasteiger partial charge in [0, 0.05) is 25.3 Å². The van der Waals surface area contributed by atoms with Gasteiger partial charge in [-0.3, -0.25) is 0 Å². The van der Waals surface area contributed by atoms with Crippen LogP contribution in [0.1, 0.15) is 48.3 Å². The minimum atomic E-state index is 0.0377. The maximum atomic E-state index is 13.1. The quantitative estimate of drug-likeness (QED) is 0.413. The van der Waals surface area contributed by atoms with Gasteiger partial charge in [-0.25, -0.2) is 4.79 Å². The summed E-state index contributed by atoms with van der Waals surface area (Å²) < 4.78 is 0. The van der Waals surface area contributed by atoms with Crippen LogP contribution in [-0.2, 0) is 12.8 Å². The molecule has 4 heteroatoms. The highest BCUT2D eigenvalue weighted by Gasteiger charge is 2.24. The normalized spacial score (nSPS) is 17.7. The van der Waals surface area contributed by atoms with Gasteiger partial charge in [-0.05, 0) is 86.2 Å². The van der Waals surface area contributed by atoms with Gasteiger partial charge in [0.1, 0.15) is 0 Å². The van der Waals surface area contributed by atoms with Crippen LogP contribution >= 0.6 is 0 Å². The molecule has 3 aromatic rings. The highest BCUT2D eigenvalue weighted by molar-refractivity contribution is 5.90. The first kappa shape index (κ1) is 24.6. The first-order valence-corrected chi connectivity index (χ1v) is 13.7. The number of benzene rings is 3. The Kier molecular flexibility index (Phi) is 8.35. The summed E-state index contributed by atoms with van der Waals surface area (Å²) in [5.74, 6) is 1.35. The highest BCUT2D eigenvalue weighted by Crippen LogP contribution is 2.28. The molecule has 0 unspecified atom stereocenters. The summed E-state index contributed by atoms with van der Waals surface area (Å²) >= 11 is 0. The summed E-state index contributed by atoms with van der Waals surface area (Å²) in [5, 5.41) is 3.23. The number of carbonyl (C=O) groups is 1. The van der Waals surface area contributed by atoms with E-state index in [0.717, 1.165) is 50.5 Å². The zero-order valence-corrected chi connectivity index (χ0v) is 21.3. The van der Waals surface area contributed by atoms with E-state index in [-0.39, 0.29) is 6.03 Å². The molecule has 5 rings (SSSR count). The maximum Gasteiger partial charge on any atom is 0.321 e. The summed E-state index contributed by atoms with van der Waals surface area (Å²) in [7, 11) is 0. The molecule has 2 aliphatic heterocycles. The van der Waals surface area contributed by atoms with E-state index < -0.39 is 0 Å². The van der Waals surface area contributed by atoms with Crippen LogP contribution < -0.4 is 5.32 Å². The van der Waals surface area contributed by atoms with E-state index in [1.165, 1.54) is 49.0 Å². The number of anilines is 1. The van der Waals surface area contributed by atoms with Crippen LogP contribution in [0.3, 0.4) is 0 Å². The third-order valence-corrected chi connectivity index (χ3v) is 8.08. The number of carbonyl (C=O) groups excluding carboxylic acids is 1. The lowest BCUT2D eigenvalue weighted by Crippen LogP contribution is -2.40. The lowest BCUT2D eigenvalue weighted by atomic mass is 9.90. The monoisotopic (exact) mass is 481 g/mol. The summed E-state index contributed by atoms with van der Waals surface area (Å²) in [6.07, 6.45) is 6.76. The minimum absolute atomic E-state index is 0.0377. The molecule has 2 amide bonds. The van der Waals surface area contributed by atoms with Gasteiger partial charge in [0.2, 0.25) is 0 Å². The number of para-hydroxylation sites is 1. The fourth-order valence-corrected chi connectivity index (χ4v) is 5.84. The standard InChI is InChI=1S/C32H39N3O/c36-32(35-23-18-29(19-24-35)28-11-5-2-6-12-28)33-31-14-8-7-13-30(31)17-22-34-20-15-27(16-21-34)25-26-9-3-1-4-10-26/h1-14,27,29H,15-25H2,(H,33,36). The van der Waals surface area contributed by atoms with Crippen molar-refractivity contribution in [1.29, 1.82) is 0 Å². The lowest BCUT2D eigenvalue weighted by Gasteiger charge is -2.33. The van der Waals surface area contributed by atoms with Crippen LogP contribution in [0.25, 0.3) is 0 Å². The fraction of sp³-hybridized carbons (Fsp3) is 0.406. The van der Waals surface area contributed by atoms with Crippen LogP contribution in [0, 0.1) is 5.92 Å². The Morgan fingerprint density at radius 2 is 1.39 bits per heavy atom. The third-order valence-electron chi connectivity index (χ3n) is 8.08. The smallest absolute Gasteiger partial charge is 0.321 e. The number of amides is 2.